The van der Waals surface area contributed by atoms with Crippen molar-refractivity contribution >= 4 is 0 Å². The van der Waals surface area contributed by atoms with Crippen molar-refractivity contribution in [2.24, 2.45) is 5.73 Å². The highest BCUT2D eigenvalue weighted by Crippen LogP contribution is 2.04. The van der Waals surface area contributed by atoms with Gasteiger partial charge in [0.15, 0.2) is 0 Å². The zero-order valence-corrected chi connectivity index (χ0v) is 5.38. The first-order chi connectivity index (χ1) is 4.33. The second-order valence-electron chi connectivity index (χ2n) is 2.44. The van der Waals surface area contributed by atoms with Gasteiger partial charge in [0.1, 0.15) is 0 Å². The van der Waals surface area contributed by atoms with Crippen LogP contribution in [-0.2, 0) is 0 Å². The van der Waals surface area contributed by atoms with Crippen molar-refractivity contribution in [2.75, 3.05) is 19.6 Å². The molecule has 0 aromatic heterocycles. The summed E-state index contributed by atoms with van der Waals surface area (Å²) in [5.74, 6) is 0. The van der Waals surface area contributed by atoms with Gasteiger partial charge in [-0.25, -0.2) is 0 Å². The predicted molar refractivity (Wildman–Crippen MR) is 34.6 cm³/mol. The predicted octanol–water partition coefficient (Wildman–Crippen LogP) is -0.457. The van der Waals surface area contributed by atoms with Gasteiger partial charge in [0.2, 0.25) is 0 Å². The molecule has 9 heavy (non-hydrogen) atoms. The second-order valence-corrected chi connectivity index (χ2v) is 2.44. The van der Waals surface area contributed by atoms with Gasteiger partial charge in [0, 0.05) is 19.1 Å². The fraction of sp³-hybridized carbons (Fsp3) is 0.833. The van der Waals surface area contributed by atoms with Crippen LogP contribution < -0.4 is 5.73 Å². The number of nitrogens with two attached hydrogens (primary N) is 1. The molecule has 0 unspecified atom stereocenters. The smallest absolute Gasteiger partial charge is 0.0866 e. The van der Waals surface area contributed by atoms with Crippen molar-refractivity contribution in [3.63, 3.8) is 0 Å². The van der Waals surface area contributed by atoms with Crippen LogP contribution in [0, 0.1) is 11.3 Å². The highest BCUT2D eigenvalue weighted by molar-refractivity contribution is 4.84. The van der Waals surface area contributed by atoms with Crippen molar-refractivity contribution in [2.45, 2.75) is 12.5 Å². The van der Waals surface area contributed by atoms with Crippen molar-refractivity contribution in [3.05, 3.63) is 0 Å². The Morgan fingerprint density at radius 3 is 3.00 bits per heavy atom. The van der Waals surface area contributed by atoms with E-state index in [0.29, 0.717) is 12.6 Å². The van der Waals surface area contributed by atoms with E-state index < -0.39 is 0 Å². The largest absolute Gasteiger partial charge is 0.326 e. The van der Waals surface area contributed by atoms with Crippen LogP contribution in [0.1, 0.15) is 6.42 Å². The summed E-state index contributed by atoms with van der Waals surface area (Å²) in [4.78, 5) is 2.07. The van der Waals surface area contributed by atoms with Crippen LogP contribution in [0.5, 0.6) is 0 Å². The van der Waals surface area contributed by atoms with E-state index in [1.165, 1.54) is 0 Å². The Hall–Kier alpha value is -0.590. The summed E-state index contributed by atoms with van der Waals surface area (Å²) in [5, 5.41) is 8.28. The highest BCUT2D eigenvalue weighted by Gasteiger charge is 2.17. The molecule has 0 aromatic rings. The molecule has 50 valence electrons. The van der Waals surface area contributed by atoms with Crippen LogP contribution in [0.2, 0.25) is 0 Å². The van der Waals surface area contributed by atoms with Gasteiger partial charge < -0.3 is 5.73 Å². The van der Waals surface area contributed by atoms with Crippen molar-refractivity contribution < 1.29 is 0 Å². The van der Waals surface area contributed by atoms with Gasteiger partial charge in [-0.2, -0.15) is 5.26 Å². The molecular formula is C6H11N3. The zero-order valence-electron chi connectivity index (χ0n) is 5.38. The molecule has 0 amide bonds. The minimum absolute atomic E-state index is 0.304. The molecule has 3 heteroatoms. The van der Waals surface area contributed by atoms with Crippen LogP contribution in [0.25, 0.3) is 0 Å². The summed E-state index contributed by atoms with van der Waals surface area (Å²) in [6.07, 6.45) is 1.04. The Kier molecular flexibility index (Phi) is 2.04. The molecule has 0 aromatic carbocycles. The number of rotatable bonds is 1. The van der Waals surface area contributed by atoms with E-state index in [-0.39, 0.29) is 0 Å². The van der Waals surface area contributed by atoms with Crippen LogP contribution in [0.3, 0.4) is 0 Å². The summed E-state index contributed by atoms with van der Waals surface area (Å²) in [6.45, 7) is 2.43. The topological polar surface area (TPSA) is 53.0 Å². The lowest BCUT2D eigenvalue weighted by Crippen LogP contribution is -2.26. The number of hydrogen-bond acceptors (Lipinski definition) is 3. The molecular weight excluding hydrogens is 114 g/mol. The van der Waals surface area contributed by atoms with Gasteiger partial charge in [0.05, 0.1) is 12.6 Å². The highest BCUT2D eigenvalue weighted by atomic mass is 15.2. The Labute approximate surface area is 55.1 Å². The SMILES string of the molecule is N#CCN1CC[C@@H](N)C1. The third-order valence-corrected chi connectivity index (χ3v) is 1.60. The number of hydrogen-bond donors (Lipinski definition) is 1. The van der Waals surface area contributed by atoms with Gasteiger partial charge in [-0.1, -0.05) is 0 Å². The maximum atomic E-state index is 8.28. The minimum Gasteiger partial charge on any atom is -0.326 e. The van der Waals surface area contributed by atoms with E-state index in [9.17, 15) is 0 Å². The van der Waals surface area contributed by atoms with Crippen molar-refractivity contribution in [3.8, 4) is 6.07 Å². The van der Waals surface area contributed by atoms with Crippen LogP contribution in [0.15, 0.2) is 0 Å². The molecule has 0 saturated carbocycles. The van der Waals surface area contributed by atoms with Gasteiger partial charge in [-0.3, -0.25) is 4.90 Å². The van der Waals surface area contributed by atoms with Gasteiger partial charge >= 0.3 is 0 Å². The first-order valence-electron chi connectivity index (χ1n) is 3.18. The lowest BCUT2D eigenvalue weighted by Gasteiger charge is -2.07. The fourth-order valence-electron chi connectivity index (χ4n) is 1.11. The lowest BCUT2D eigenvalue weighted by atomic mass is 10.3. The molecule has 1 heterocycles. The summed E-state index contributed by atoms with van der Waals surface area (Å²) < 4.78 is 0. The maximum absolute atomic E-state index is 8.28. The molecule has 0 spiro atoms. The van der Waals surface area contributed by atoms with Crippen molar-refractivity contribution in [1.29, 1.82) is 5.26 Å². The first-order valence-corrected chi connectivity index (χ1v) is 3.18. The van der Waals surface area contributed by atoms with Crippen molar-refractivity contribution in [1.82, 2.24) is 4.90 Å². The standard InChI is InChI=1S/C6H11N3/c7-2-4-9-3-1-6(8)5-9/h6H,1,3-5,8H2/t6-/m1/s1. The molecule has 1 rings (SSSR count). The average molecular weight is 125 g/mol. The van der Waals surface area contributed by atoms with Crippen LogP contribution in [0.4, 0.5) is 0 Å². The van der Waals surface area contributed by atoms with E-state index in [4.69, 9.17) is 11.0 Å². The van der Waals surface area contributed by atoms with Gasteiger partial charge in [0.25, 0.3) is 0 Å². The third-order valence-electron chi connectivity index (χ3n) is 1.60. The summed E-state index contributed by atoms with van der Waals surface area (Å²) >= 11 is 0. The Morgan fingerprint density at radius 1 is 1.78 bits per heavy atom. The van der Waals surface area contributed by atoms with Crippen LogP contribution in [-0.4, -0.2) is 30.6 Å². The molecule has 1 aliphatic heterocycles. The van der Waals surface area contributed by atoms with Gasteiger partial charge in [-0.05, 0) is 6.42 Å². The fourth-order valence-corrected chi connectivity index (χ4v) is 1.11. The van der Waals surface area contributed by atoms with E-state index in [1.54, 1.807) is 0 Å². The molecule has 0 radical (unpaired) electrons. The second kappa shape index (κ2) is 2.81. The Balaban J connectivity index is 2.24. The van der Waals surface area contributed by atoms with E-state index >= 15 is 0 Å². The summed E-state index contributed by atoms with van der Waals surface area (Å²) in [6, 6.07) is 2.40. The number of nitrogens with zero attached hydrogens (tertiary/aromatic N) is 2. The number of nitriles is 1. The molecule has 1 atom stereocenters. The van der Waals surface area contributed by atoms with E-state index in [2.05, 4.69) is 11.0 Å². The quantitative estimate of drug-likeness (QED) is 0.482. The van der Waals surface area contributed by atoms with E-state index in [0.717, 1.165) is 19.5 Å². The lowest BCUT2D eigenvalue weighted by molar-refractivity contribution is 0.376. The maximum Gasteiger partial charge on any atom is 0.0866 e. The average Bonchev–Trinajstić information content (AvgIpc) is 2.17. The Morgan fingerprint density at radius 2 is 2.56 bits per heavy atom. The summed E-state index contributed by atoms with van der Waals surface area (Å²) in [5.41, 5.74) is 5.60. The summed E-state index contributed by atoms with van der Waals surface area (Å²) in [7, 11) is 0. The zero-order chi connectivity index (χ0) is 6.69. The molecule has 2 N–H and O–H groups in total. The Bertz CT molecular complexity index is 127. The van der Waals surface area contributed by atoms with Crippen LogP contribution >= 0.6 is 0 Å². The van der Waals surface area contributed by atoms with Gasteiger partial charge in [-0.15, -0.1) is 0 Å². The molecule has 1 aliphatic rings. The first kappa shape index (κ1) is 6.53. The molecule has 1 saturated heterocycles. The van der Waals surface area contributed by atoms with E-state index in [1.807, 2.05) is 0 Å². The minimum atomic E-state index is 0.304. The monoisotopic (exact) mass is 125 g/mol. The third kappa shape index (κ3) is 1.67. The molecule has 1 fully saturated rings. The molecule has 3 nitrogen and oxygen atoms in total. The molecule has 0 bridgehead atoms. The normalized spacial score (nSPS) is 28.2. The number of likely N-dealkylation sites (tertiary alicyclic amines) is 1. The molecule has 0 aliphatic carbocycles.